The minimum absolute atomic E-state index is 0.112. The van der Waals surface area contributed by atoms with Crippen LogP contribution in [-0.4, -0.2) is 24.6 Å². The largest absolute Gasteiger partial charge is 0.461 e. The Morgan fingerprint density at radius 3 is 1.19 bits per heavy atom. The molecule has 0 saturated carbocycles. The molecule has 0 bridgehead atoms. The average molecular weight is 773 g/mol. The fourth-order valence-corrected chi connectivity index (χ4v) is 6.83. The van der Waals surface area contributed by atoms with Crippen LogP contribution in [-0.2, 0) is 25.6 Å². The van der Waals surface area contributed by atoms with Crippen LogP contribution in [0.15, 0.2) is 12.1 Å². The molecule has 1 atom stereocenters. The Morgan fingerprint density at radius 1 is 0.547 bits per heavy atom. The fraction of sp³-hybridized carbons (Fsp3) is 0.837. The molecule has 10 heteroatoms. The number of hydrogen-bond acceptors (Lipinski definition) is 8. The number of aromatic nitrogens is 1. The van der Waals surface area contributed by atoms with Crippen LogP contribution in [0.1, 0.15) is 211 Å². The van der Waals surface area contributed by atoms with E-state index in [1.165, 1.54) is 147 Å². The molecule has 0 fully saturated rings. The minimum Gasteiger partial charge on any atom is -0.461 e. The highest BCUT2D eigenvalue weighted by Gasteiger charge is 2.24. The van der Waals surface area contributed by atoms with E-state index in [1.807, 2.05) is 0 Å². The van der Waals surface area contributed by atoms with Crippen molar-refractivity contribution in [3.63, 3.8) is 0 Å². The van der Waals surface area contributed by atoms with Gasteiger partial charge in [-0.15, -0.1) is 10.2 Å². The lowest BCUT2D eigenvalue weighted by atomic mass is 10.0. The molecule has 1 aromatic rings. The van der Waals surface area contributed by atoms with Gasteiger partial charge in [-0.2, -0.15) is 4.57 Å². The molecule has 0 saturated heterocycles. The summed E-state index contributed by atoms with van der Waals surface area (Å²) >= 11 is 0. The first kappa shape index (κ1) is 51.2. The van der Waals surface area contributed by atoms with Crippen molar-refractivity contribution in [2.24, 2.45) is 0 Å². The topological polar surface area (TPSA) is 149 Å². The summed E-state index contributed by atoms with van der Waals surface area (Å²) in [6.07, 6.45) is 33.7. The molecule has 0 aliphatic heterocycles. The molecule has 9 nitrogen and oxygen atoms in total. The van der Waals surface area contributed by atoms with Gasteiger partial charge in [0.1, 0.15) is 6.61 Å². The summed E-state index contributed by atoms with van der Waals surface area (Å²) in [6, 6.07) is 4.28. The molecular formula is C43H78ClNO8. The summed E-state index contributed by atoms with van der Waals surface area (Å²) < 4.78 is 47.8. The third kappa shape index (κ3) is 35.7. The fourth-order valence-electron chi connectivity index (χ4n) is 6.83. The Morgan fingerprint density at radius 2 is 0.849 bits per heavy atom. The Kier molecular flexibility index (Phi) is 33.5. The molecule has 1 aromatic heterocycles. The molecule has 0 aromatic carbocycles. The van der Waals surface area contributed by atoms with Crippen molar-refractivity contribution in [3.05, 3.63) is 29.1 Å². The molecule has 1 rings (SSSR count). The third-order valence-corrected chi connectivity index (χ3v) is 9.81. The summed E-state index contributed by atoms with van der Waals surface area (Å²) in [5.74, 6) is -0.364. The Bertz CT molecular complexity index is 1000. The quantitative estimate of drug-likeness (QED) is 0.0404. The van der Waals surface area contributed by atoms with Crippen LogP contribution in [0.3, 0.4) is 0 Å². The maximum atomic E-state index is 12.9. The zero-order valence-corrected chi connectivity index (χ0v) is 35.3. The summed E-state index contributed by atoms with van der Waals surface area (Å²) in [5, 5.41) is 0. The monoisotopic (exact) mass is 772 g/mol. The van der Waals surface area contributed by atoms with Crippen LogP contribution in [0.25, 0.3) is 0 Å². The van der Waals surface area contributed by atoms with Crippen molar-refractivity contribution >= 4 is 11.9 Å². The van der Waals surface area contributed by atoms with E-state index < -0.39 is 16.3 Å². The van der Waals surface area contributed by atoms with Gasteiger partial charge in [0.05, 0.1) is 0 Å². The number of unbranched alkanes of at least 4 members (excludes halogenated alkanes) is 24. The van der Waals surface area contributed by atoms with Crippen LogP contribution >= 0.6 is 0 Å². The minimum atomic E-state index is -4.94. The van der Waals surface area contributed by atoms with Crippen LogP contribution < -0.4 is 23.2 Å². The molecule has 0 aliphatic carbocycles. The number of esters is 2. The highest BCUT2D eigenvalue weighted by atomic mass is 35.7. The van der Waals surface area contributed by atoms with Gasteiger partial charge in [0.2, 0.25) is 0 Å². The van der Waals surface area contributed by atoms with Crippen molar-refractivity contribution in [1.82, 2.24) is 0 Å². The summed E-state index contributed by atoms with van der Waals surface area (Å²) in [4.78, 5) is 25.5. The number of ether oxygens (including phenoxy) is 2. The van der Waals surface area contributed by atoms with E-state index in [2.05, 4.69) is 51.3 Å². The zero-order valence-electron chi connectivity index (χ0n) is 34.5. The van der Waals surface area contributed by atoms with E-state index in [1.54, 1.807) is 0 Å². The maximum absolute atomic E-state index is 12.9. The number of carbonyl (C=O) groups is 2. The van der Waals surface area contributed by atoms with Gasteiger partial charge in [-0.3, -0.25) is 9.59 Å². The van der Waals surface area contributed by atoms with Crippen molar-refractivity contribution in [1.29, 1.82) is 0 Å². The van der Waals surface area contributed by atoms with E-state index in [0.717, 1.165) is 37.1 Å². The van der Waals surface area contributed by atoms with Gasteiger partial charge in [0, 0.05) is 38.8 Å². The number of aryl methyl sites for hydroxylation is 3. The molecule has 53 heavy (non-hydrogen) atoms. The van der Waals surface area contributed by atoms with Gasteiger partial charge in [-0.1, -0.05) is 168 Å². The van der Waals surface area contributed by atoms with Crippen LogP contribution in [0.2, 0.25) is 0 Å². The normalized spacial score (nSPS) is 11.9. The summed E-state index contributed by atoms with van der Waals surface area (Å²) in [7, 11) is -4.94. The van der Waals surface area contributed by atoms with Gasteiger partial charge in [0.15, 0.2) is 24.0 Å². The van der Waals surface area contributed by atoms with E-state index >= 15 is 0 Å². The Labute approximate surface area is 326 Å². The second-order valence-electron chi connectivity index (χ2n) is 15.1. The summed E-state index contributed by atoms with van der Waals surface area (Å²) in [6.45, 7) is 11.4. The van der Waals surface area contributed by atoms with Crippen LogP contribution in [0.4, 0.5) is 0 Å². The van der Waals surface area contributed by atoms with Crippen molar-refractivity contribution in [3.8, 4) is 0 Å². The van der Waals surface area contributed by atoms with Crippen LogP contribution in [0, 0.1) is 31.0 Å². The first-order valence-corrected chi connectivity index (χ1v) is 22.5. The van der Waals surface area contributed by atoms with Gasteiger partial charge >= 0.3 is 11.9 Å². The highest BCUT2D eigenvalue weighted by molar-refractivity contribution is 5.70. The molecule has 0 radical (unpaired) electrons. The number of pyridine rings is 1. The molecular weight excluding hydrogens is 694 g/mol. The SMILES string of the molecule is CCCCCCCCCCCCCCCC(=O)OCC(C[n+]1c(C)cc(C)cc1C)OC(=O)CCCCCCCCCCCCCCC.[O-][Cl+3]([O-])([O-])[O-]. The number of halogens is 1. The van der Waals surface area contributed by atoms with Crippen LogP contribution in [0.5, 0.6) is 0 Å². The number of rotatable bonds is 33. The number of nitrogens with zero attached hydrogens (tertiary/aromatic N) is 1. The second kappa shape index (κ2) is 34.7. The van der Waals surface area contributed by atoms with E-state index in [9.17, 15) is 9.59 Å². The van der Waals surface area contributed by atoms with E-state index in [-0.39, 0.29) is 18.5 Å². The molecule has 0 aliphatic rings. The van der Waals surface area contributed by atoms with Crippen molar-refractivity contribution in [2.75, 3.05) is 6.61 Å². The lowest BCUT2D eigenvalue weighted by Crippen LogP contribution is -2.68. The predicted molar refractivity (Wildman–Crippen MR) is 202 cm³/mol. The van der Waals surface area contributed by atoms with Gasteiger partial charge < -0.3 is 9.47 Å². The molecule has 0 N–H and O–H groups in total. The van der Waals surface area contributed by atoms with E-state index in [4.69, 9.17) is 28.1 Å². The summed E-state index contributed by atoms with van der Waals surface area (Å²) in [5.41, 5.74) is 3.44. The van der Waals surface area contributed by atoms with Gasteiger partial charge in [-0.25, -0.2) is 18.6 Å². The van der Waals surface area contributed by atoms with E-state index in [0.29, 0.717) is 19.4 Å². The third-order valence-electron chi connectivity index (χ3n) is 9.81. The smallest absolute Gasteiger partial charge is 0.306 e. The lowest BCUT2D eigenvalue weighted by molar-refractivity contribution is -2.00. The number of carbonyl (C=O) groups excluding carboxylic acids is 2. The molecule has 310 valence electrons. The molecule has 1 heterocycles. The predicted octanol–water partition coefficient (Wildman–Crippen LogP) is 7.56. The van der Waals surface area contributed by atoms with Crippen molar-refractivity contribution < 1.29 is 52.5 Å². The lowest BCUT2D eigenvalue weighted by Gasteiger charge is -2.17. The molecule has 1 unspecified atom stereocenters. The zero-order chi connectivity index (χ0) is 39.6. The standard InChI is InChI=1S/C43H78NO4.ClHO4/c1-6-8-10-12-14-16-18-20-22-24-26-28-30-32-42(45)47-37-41(36-44-39(4)34-38(3)35-40(44)5)48-43(46)33-31-29-27-25-23-21-19-17-15-13-11-9-7-2;2-1(3,4)5/h34-35,41H,6-33,36-37H2,1-5H3;(H,2,3,4,5)/q+1;/p-1. The maximum Gasteiger partial charge on any atom is 0.306 e. The van der Waals surface area contributed by atoms with Gasteiger partial charge in [0.25, 0.3) is 0 Å². The molecule has 0 amide bonds. The van der Waals surface area contributed by atoms with Gasteiger partial charge in [-0.05, 0) is 25.3 Å². The Hall–Kier alpha value is -1.78. The second-order valence-corrected chi connectivity index (χ2v) is 15.8. The molecule has 0 spiro atoms. The van der Waals surface area contributed by atoms with Crippen molar-refractivity contribution in [2.45, 2.75) is 227 Å². The first-order valence-electron chi connectivity index (χ1n) is 21.3. The Balaban J connectivity index is 0.00000504. The number of hydrogen-bond donors (Lipinski definition) is 0. The highest BCUT2D eigenvalue weighted by Crippen LogP contribution is 2.15. The average Bonchev–Trinajstić information content (AvgIpc) is 3.08. The first-order chi connectivity index (χ1) is 25.4.